The lowest BCUT2D eigenvalue weighted by molar-refractivity contribution is -0.141. The second kappa shape index (κ2) is 8.73. The Balaban J connectivity index is 1.52. The van der Waals surface area contributed by atoms with Crippen molar-refractivity contribution >= 4 is 17.5 Å². The van der Waals surface area contributed by atoms with Crippen LogP contribution in [-0.2, 0) is 6.18 Å². The van der Waals surface area contributed by atoms with Gasteiger partial charge in [0, 0.05) is 29.6 Å². The Labute approximate surface area is 186 Å². The number of aromatic nitrogens is 3. The van der Waals surface area contributed by atoms with E-state index in [9.17, 15) is 17.6 Å². The highest BCUT2D eigenvalue weighted by Crippen LogP contribution is 2.32. The second-order valence-electron chi connectivity index (χ2n) is 7.11. The number of ether oxygens (including phenoxy) is 1. The zero-order chi connectivity index (χ0) is 23.6. The van der Waals surface area contributed by atoms with Crippen molar-refractivity contribution in [3.05, 3.63) is 83.9 Å². The van der Waals surface area contributed by atoms with Crippen LogP contribution in [0.2, 0.25) is 0 Å². The number of nitrogens with zero attached hydrogens (tertiary/aromatic N) is 3. The average Bonchev–Trinajstić information content (AvgIpc) is 2.76. The molecule has 0 atom stereocenters. The van der Waals surface area contributed by atoms with Gasteiger partial charge in [-0.05, 0) is 49.4 Å². The standard InChI is InChI=1S/C23H17F4N5O/c1-13-2-7-18(24)17(10-13)19-12-21(32-22(28)31-19)30-14-3-5-15(6-4-14)33-16-8-9-29-20(11-16)23(25,26)27/h2-12H,1H3,(H3,28,30,31,32). The zero-order valence-corrected chi connectivity index (χ0v) is 17.2. The van der Waals surface area contributed by atoms with Gasteiger partial charge in [0.15, 0.2) is 0 Å². The van der Waals surface area contributed by atoms with E-state index in [1.165, 1.54) is 12.1 Å². The first-order chi connectivity index (χ1) is 15.7. The van der Waals surface area contributed by atoms with Gasteiger partial charge in [-0.25, -0.2) is 9.37 Å². The minimum Gasteiger partial charge on any atom is -0.457 e. The summed E-state index contributed by atoms with van der Waals surface area (Å²) < 4.78 is 58.2. The number of benzene rings is 2. The van der Waals surface area contributed by atoms with Crippen LogP contribution < -0.4 is 15.8 Å². The molecule has 4 aromatic rings. The number of hydrogen-bond donors (Lipinski definition) is 2. The number of nitrogens with one attached hydrogen (secondary N) is 1. The first-order valence-electron chi connectivity index (χ1n) is 9.67. The van der Waals surface area contributed by atoms with E-state index in [2.05, 4.69) is 20.3 Å². The maximum Gasteiger partial charge on any atom is 0.433 e. The van der Waals surface area contributed by atoms with Crippen molar-refractivity contribution in [2.75, 3.05) is 11.1 Å². The second-order valence-corrected chi connectivity index (χ2v) is 7.11. The smallest absolute Gasteiger partial charge is 0.433 e. The molecule has 0 aliphatic rings. The van der Waals surface area contributed by atoms with Gasteiger partial charge < -0.3 is 15.8 Å². The molecular weight excluding hydrogens is 438 g/mol. The first kappa shape index (κ1) is 22.0. The molecular formula is C23H17F4N5O. The summed E-state index contributed by atoms with van der Waals surface area (Å²) >= 11 is 0. The number of nitrogens with two attached hydrogens (primary N) is 1. The van der Waals surface area contributed by atoms with Gasteiger partial charge in [-0.3, -0.25) is 4.98 Å². The maximum absolute atomic E-state index is 14.3. The maximum atomic E-state index is 14.3. The molecule has 0 saturated heterocycles. The summed E-state index contributed by atoms with van der Waals surface area (Å²) in [7, 11) is 0. The minimum atomic E-state index is -4.56. The molecule has 0 amide bonds. The van der Waals surface area contributed by atoms with Crippen LogP contribution in [0.25, 0.3) is 11.3 Å². The van der Waals surface area contributed by atoms with Gasteiger partial charge in [0.25, 0.3) is 0 Å². The fourth-order valence-electron chi connectivity index (χ4n) is 3.02. The number of anilines is 3. The van der Waals surface area contributed by atoms with Crippen molar-refractivity contribution in [1.82, 2.24) is 15.0 Å². The molecule has 0 radical (unpaired) electrons. The highest BCUT2D eigenvalue weighted by Gasteiger charge is 2.32. The largest absolute Gasteiger partial charge is 0.457 e. The molecule has 2 heterocycles. The molecule has 4 rings (SSSR count). The number of pyridine rings is 1. The molecule has 6 nitrogen and oxygen atoms in total. The summed E-state index contributed by atoms with van der Waals surface area (Å²) in [5.74, 6) is 0.206. The monoisotopic (exact) mass is 455 g/mol. The number of halogens is 4. The van der Waals surface area contributed by atoms with Gasteiger partial charge in [0.2, 0.25) is 5.95 Å². The molecule has 2 aromatic heterocycles. The average molecular weight is 455 g/mol. The number of nitrogen functional groups attached to an aromatic ring is 1. The van der Waals surface area contributed by atoms with Crippen molar-refractivity contribution in [3.8, 4) is 22.8 Å². The summed E-state index contributed by atoms with van der Waals surface area (Å²) in [5.41, 5.74) is 6.85. The summed E-state index contributed by atoms with van der Waals surface area (Å²) in [6.45, 7) is 1.84. The van der Waals surface area contributed by atoms with Gasteiger partial charge in [0.1, 0.15) is 28.8 Å². The molecule has 0 bridgehead atoms. The molecule has 33 heavy (non-hydrogen) atoms. The van der Waals surface area contributed by atoms with Crippen molar-refractivity contribution in [1.29, 1.82) is 0 Å². The van der Waals surface area contributed by atoms with E-state index in [1.54, 1.807) is 42.5 Å². The fourth-order valence-corrected chi connectivity index (χ4v) is 3.02. The van der Waals surface area contributed by atoms with Crippen molar-refractivity contribution in [2.45, 2.75) is 13.1 Å². The van der Waals surface area contributed by atoms with Crippen LogP contribution in [-0.4, -0.2) is 15.0 Å². The van der Waals surface area contributed by atoms with E-state index in [1.807, 2.05) is 6.92 Å². The Morgan fingerprint density at radius 1 is 0.909 bits per heavy atom. The highest BCUT2D eigenvalue weighted by atomic mass is 19.4. The summed E-state index contributed by atoms with van der Waals surface area (Å²) in [4.78, 5) is 11.5. The summed E-state index contributed by atoms with van der Waals surface area (Å²) in [5, 5.41) is 3.04. The minimum absolute atomic E-state index is 0.00595. The Hall–Kier alpha value is -4.21. The van der Waals surface area contributed by atoms with Gasteiger partial charge in [0.05, 0.1) is 5.69 Å². The number of alkyl halides is 3. The van der Waals surface area contributed by atoms with E-state index < -0.39 is 17.7 Å². The Morgan fingerprint density at radius 2 is 1.67 bits per heavy atom. The van der Waals surface area contributed by atoms with Crippen LogP contribution in [0.4, 0.5) is 35.0 Å². The molecule has 0 fully saturated rings. The van der Waals surface area contributed by atoms with Crippen LogP contribution in [0.15, 0.2) is 66.9 Å². The molecule has 0 unspecified atom stereocenters. The summed E-state index contributed by atoms with van der Waals surface area (Å²) in [6, 6.07) is 14.8. The predicted molar refractivity (Wildman–Crippen MR) is 116 cm³/mol. The van der Waals surface area contributed by atoms with E-state index >= 15 is 0 Å². The SMILES string of the molecule is Cc1ccc(F)c(-c2cc(Nc3ccc(Oc4ccnc(C(F)(F)F)c4)cc3)nc(N)n2)c1. The number of hydrogen-bond acceptors (Lipinski definition) is 6. The third-order valence-electron chi connectivity index (χ3n) is 4.53. The normalized spacial score (nSPS) is 11.3. The summed E-state index contributed by atoms with van der Waals surface area (Å²) in [6.07, 6.45) is -3.53. The molecule has 0 spiro atoms. The van der Waals surface area contributed by atoms with Crippen LogP contribution in [0.1, 0.15) is 11.3 Å². The molecule has 168 valence electrons. The van der Waals surface area contributed by atoms with Gasteiger partial charge in [-0.1, -0.05) is 11.6 Å². The van der Waals surface area contributed by atoms with Crippen LogP contribution in [0, 0.1) is 12.7 Å². The lowest BCUT2D eigenvalue weighted by atomic mass is 10.1. The van der Waals surface area contributed by atoms with E-state index in [-0.39, 0.29) is 11.7 Å². The third kappa shape index (κ3) is 5.35. The van der Waals surface area contributed by atoms with Crippen molar-refractivity contribution < 1.29 is 22.3 Å². The van der Waals surface area contributed by atoms with Crippen molar-refractivity contribution in [2.24, 2.45) is 0 Å². The Morgan fingerprint density at radius 3 is 2.39 bits per heavy atom. The topological polar surface area (TPSA) is 86.0 Å². The van der Waals surface area contributed by atoms with Crippen LogP contribution >= 0.6 is 0 Å². The van der Waals surface area contributed by atoms with Gasteiger partial charge in [-0.2, -0.15) is 18.2 Å². The lowest BCUT2D eigenvalue weighted by Gasteiger charge is -2.11. The van der Waals surface area contributed by atoms with E-state index in [4.69, 9.17) is 10.5 Å². The molecule has 0 aliphatic heterocycles. The predicted octanol–water partition coefficient (Wildman–Crippen LogP) is 6.12. The molecule has 3 N–H and O–H groups in total. The van der Waals surface area contributed by atoms with Gasteiger partial charge >= 0.3 is 6.18 Å². The lowest BCUT2D eigenvalue weighted by Crippen LogP contribution is -2.07. The zero-order valence-electron chi connectivity index (χ0n) is 17.2. The highest BCUT2D eigenvalue weighted by molar-refractivity contribution is 5.68. The molecule has 0 saturated carbocycles. The fraction of sp³-hybridized carbons (Fsp3) is 0.0870. The quantitative estimate of drug-likeness (QED) is 0.353. The molecule has 2 aromatic carbocycles. The Bertz CT molecular complexity index is 1290. The van der Waals surface area contributed by atoms with Gasteiger partial charge in [-0.15, -0.1) is 0 Å². The van der Waals surface area contributed by atoms with Crippen LogP contribution in [0.3, 0.4) is 0 Å². The van der Waals surface area contributed by atoms with E-state index in [0.29, 0.717) is 28.5 Å². The Kier molecular flexibility index (Phi) is 5.82. The number of rotatable bonds is 5. The third-order valence-corrected chi connectivity index (χ3v) is 4.53. The van der Waals surface area contributed by atoms with Crippen molar-refractivity contribution in [3.63, 3.8) is 0 Å². The molecule has 0 aliphatic carbocycles. The van der Waals surface area contributed by atoms with E-state index in [0.717, 1.165) is 17.8 Å². The van der Waals surface area contributed by atoms with Crippen LogP contribution in [0.5, 0.6) is 11.5 Å². The number of aryl methyl sites for hydroxylation is 1. The molecule has 10 heteroatoms. The first-order valence-corrected chi connectivity index (χ1v) is 9.67.